The lowest BCUT2D eigenvalue weighted by molar-refractivity contribution is -0.380. The van der Waals surface area contributed by atoms with Crippen LogP contribution in [0, 0.1) is 10.1 Å². The van der Waals surface area contributed by atoms with Crippen LogP contribution >= 0.6 is 23.1 Å². The summed E-state index contributed by atoms with van der Waals surface area (Å²) >= 11 is 2.37. The topological polar surface area (TPSA) is 92.6 Å². The lowest BCUT2D eigenvalue weighted by Gasteiger charge is -2.19. The van der Waals surface area contributed by atoms with E-state index in [1.165, 1.54) is 29.3 Å². The molecule has 0 radical (unpaired) electrons. The molecule has 0 bridgehead atoms. The van der Waals surface area contributed by atoms with Gasteiger partial charge in [0.15, 0.2) is 0 Å². The third kappa shape index (κ3) is 4.60. The van der Waals surface area contributed by atoms with Crippen molar-refractivity contribution < 1.29 is 14.5 Å². The zero-order chi connectivity index (χ0) is 20.1. The van der Waals surface area contributed by atoms with Crippen molar-refractivity contribution in [2.24, 2.45) is 0 Å². The van der Waals surface area contributed by atoms with Crippen LogP contribution in [0.5, 0.6) is 0 Å². The number of likely N-dealkylation sites (tertiary alicyclic amines) is 1. The number of carbonyl (C=O) groups is 2. The molecule has 2 amide bonds. The molecule has 1 saturated heterocycles. The summed E-state index contributed by atoms with van der Waals surface area (Å²) in [5.41, 5.74) is 1.30. The van der Waals surface area contributed by atoms with Crippen molar-refractivity contribution in [3.05, 3.63) is 74.5 Å². The largest absolute Gasteiger partial charge is 0.347 e. The van der Waals surface area contributed by atoms with Gasteiger partial charge >= 0.3 is 5.00 Å². The molecule has 28 heavy (non-hydrogen) atoms. The second-order valence-electron chi connectivity index (χ2n) is 6.31. The number of thiophene rings is 1. The van der Waals surface area contributed by atoms with E-state index in [4.69, 9.17) is 0 Å². The number of amides is 2. The minimum atomic E-state index is -0.512. The van der Waals surface area contributed by atoms with E-state index in [0.29, 0.717) is 13.1 Å². The molecule has 0 spiro atoms. The molecular weight excluding hydrogens is 398 g/mol. The standard InChI is InChI=1S/C19H19N3O4S2/c1-27-8-7-17(23)21-10-15(13-5-3-2-4-6-13)16(11-21)20-19(24)14-9-18(22(25)26)28-12-14/h2-9,12,15-16H,10-11H2,1H3,(H,20,24)/b8-7+/t15-,16+/m0/s1. The van der Waals surface area contributed by atoms with Gasteiger partial charge in [0.1, 0.15) is 0 Å². The van der Waals surface area contributed by atoms with Crippen LogP contribution < -0.4 is 5.32 Å². The Morgan fingerprint density at radius 1 is 1.32 bits per heavy atom. The summed E-state index contributed by atoms with van der Waals surface area (Å²) < 4.78 is 0. The van der Waals surface area contributed by atoms with Gasteiger partial charge in [-0.1, -0.05) is 41.7 Å². The molecule has 9 heteroatoms. The number of nitrogens with zero attached hydrogens (tertiary/aromatic N) is 2. The van der Waals surface area contributed by atoms with E-state index in [1.807, 2.05) is 36.6 Å². The van der Waals surface area contributed by atoms with Gasteiger partial charge in [0.2, 0.25) is 5.91 Å². The van der Waals surface area contributed by atoms with E-state index < -0.39 is 4.92 Å². The Morgan fingerprint density at radius 3 is 2.71 bits per heavy atom. The fourth-order valence-corrected chi connectivity index (χ4v) is 4.15. The van der Waals surface area contributed by atoms with Gasteiger partial charge in [0, 0.05) is 36.5 Å². The number of thioether (sulfide) groups is 1. The summed E-state index contributed by atoms with van der Waals surface area (Å²) in [6.45, 7) is 0.880. The molecule has 2 aromatic rings. The summed E-state index contributed by atoms with van der Waals surface area (Å²) in [6.07, 6.45) is 3.41. The number of benzene rings is 1. The summed E-state index contributed by atoms with van der Waals surface area (Å²) in [4.78, 5) is 37.1. The number of carbonyl (C=O) groups excluding carboxylic acids is 2. The zero-order valence-corrected chi connectivity index (χ0v) is 16.7. The maximum atomic E-state index is 12.6. The third-order valence-corrected chi connectivity index (χ3v) is 5.84. The van der Waals surface area contributed by atoms with Gasteiger partial charge in [-0.25, -0.2) is 0 Å². The van der Waals surface area contributed by atoms with Crippen LogP contribution in [0.1, 0.15) is 21.8 Å². The molecule has 2 heterocycles. The molecular formula is C19H19N3O4S2. The van der Waals surface area contributed by atoms with Crippen LogP contribution in [-0.4, -0.2) is 47.0 Å². The Balaban J connectivity index is 1.78. The van der Waals surface area contributed by atoms with Crippen LogP contribution in [0.15, 0.2) is 53.3 Å². The number of rotatable bonds is 6. The van der Waals surface area contributed by atoms with Crippen LogP contribution in [0.4, 0.5) is 5.00 Å². The third-order valence-electron chi connectivity index (χ3n) is 4.55. The molecule has 7 nitrogen and oxygen atoms in total. The molecule has 3 rings (SSSR count). The molecule has 0 unspecified atom stereocenters. The number of hydrogen-bond acceptors (Lipinski definition) is 6. The quantitative estimate of drug-likeness (QED) is 0.442. The molecule has 0 aliphatic carbocycles. The first-order valence-corrected chi connectivity index (χ1v) is 10.7. The Bertz CT molecular complexity index is 898. The second kappa shape index (κ2) is 9.03. The van der Waals surface area contributed by atoms with Gasteiger partial charge in [0.25, 0.3) is 5.91 Å². The van der Waals surface area contributed by atoms with Gasteiger partial charge in [-0.3, -0.25) is 19.7 Å². The van der Waals surface area contributed by atoms with E-state index in [-0.39, 0.29) is 34.3 Å². The molecule has 0 saturated carbocycles. The van der Waals surface area contributed by atoms with Crippen LogP contribution in [-0.2, 0) is 4.79 Å². The molecule has 1 aliphatic heterocycles. The number of nitrogens with one attached hydrogen (secondary N) is 1. The highest BCUT2D eigenvalue weighted by molar-refractivity contribution is 8.01. The average Bonchev–Trinajstić information content (AvgIpc) is 3.34. The summed E-state index contributed by atoms with van der Waals surface area (Å²) in [6, 6.07) is 10.7. The first kappa shape index (κ1) is 20.1. The van der Waals surface area contributed by atoms with Crippen molar-refractivity contribution >= 4 is 39.9 Å². The van der Waals surface area contributed by atoms with Crippen molar-refractivity contribution in [3.63, 3.8) is 0 Å². The highest BCUT2D eigenvalue weighted by Crippen LogP contribution is 2.29. The fraction of sp³-hybridized carbons (Fsp3) is 0.263. The zero-order valence-electron chi connectivity index (χ0n) is 15.1. The maximum Gasteiger partial charge on any atom is 0.324 e. The molecule has 1 aliphatic rings. The highest BCUT2D eigenvalue weighted by atomic mass is 32.2. The van der Waals surface area contributed by atoms with E-state index in [9.17, 15) is 19.7 Å². The van der Waals surface area contributed by atoms with Crippen molar-refractivity contribution in [1.82, 2.24) is 10.2 Å². The van der Waals surface area contributed by atoms with E-state index in [0.717, 1.165) is 16.9 Å². The normalized spacial score (nSPS) is 19.1. The highest BCUT2D eigenvalue weighted by Gasteiger charge is 2.36. The summed E-state index contributed by atoms with van der Waals surface area (Å²) in [5, 5.41) is 16.9. The van der Waals surface area contributed by atoms with Gasteiger partial charge < -0.3 is 10.2 Å². The molecule has 2 atom stereocenters. The van der Waals surface area contributed by atoms with Crippen LogP contribution in [0.3, 0.4) is 0 Å². The average molecular weight is 418 g/mol. The predicted molar refractivity (Wildman–Crippen MR) is 111 cm³/mol. The second-order valence-corrected chi connectivity index (χ2v) is 7.94. The van der Waals surface area contributed by atoms with Crippen LogP contribution in [0.2, 0.25) is 0 Å². The van der Waals surface area contributed by atoms with Crippen molar-refractivity contribution in [2.45, 2.75) is 12.0 Å². The van der Waals surface area contributed by atoms with Crippen LogP contribution in [0.25, 0.3) is 0 Å². The number of hydrogen-bond donors (Lipinski definition) is 1. The summed E-state index contributed by atoms with van der Waals surface area (Å²) in [5.74, 6) is -0.521. The maximum absolute atomic E-state index is 12.6. The Labute approximate surface area is 170 Å². The van der Waals surface area contributed by atoms with Crippen molar-refractivity contribution in [3.8, 4) is 0 Å². The van der Waals surface area contributed by atoms with Crippen molar-refractivity contribution in [1.29, 1.82) is 0 Å². The monoisotopic (exact) mass is 417 g/mol. The van der Waals surface area contributed by atoms with Gasteiger partial charge in [0.05, 0.1) is 16.5 Å². The smallest absolute Gasteiger partial charge is 0.324 e. The first-order valence-electron chi connectivity index (χ1n) is 8.56. The minimum Gasteiger partial charge on any atom is -0.347 e. The molecule has 146 valence electrons. The molecule has 1 aromatic heterocycles. The first-order chi connectivity index (χ1) is 13.5. The Kier molecular flexibility index (Phi) is 6.48. The van der Waals surface area contributed by atoms with Gasteiger partial charge in [-0.2, -0.15) is 0 Å². The molecule has 1 aromatic carbocycles. The molecule has 1 N–H and O–H groups in total. The SMILES string of the molecule is CS/C=C/C(=O)N1C[C@@H](NC(=O)c2csc([N+](=O)[O-])c2)[C@H](c2ccccc2)C1. The lowest BCUT2D eigenvalue weighted by atomic mass is 9.94. The Hall–Kier alpha value is -2.65. The molecule has 1 fully saturated rings. The van der Waals surface area contributed by atoms with E-state index >= 15 is 0 Å². The minimum absolute atomic E-state index is 0.0506. The lowest BCUT2D eigenvalue weighted by Crippen LogP contribution is -2.40. The Morgan fingerprint density at radius 2 is 2.07 bits per heavy atom. The summed E-state index contributed by atoms with van der Waals surface area (Å²) in [7, 11) is 0. The van der Waals surface area contributed by atoms with Gasteiger partial charge in [-0.15, -0.1) is 11.8 Å². The van der Waals surface area contributed by atoms with E-state index in [1.54, 1.807) is 10.3 Å². The predicted octanol–water partition coefficient (Wildman–Crippen LogP) is 3.26. The van der Waals surface area contributed by atoms with E-state index in [2.05, 4.69) is 5.32 Å². The van der Waals surface area contributed by atoms with Crippen molar-refractivity contribution in [2.75, 3.05) is 19.3 Å². The number of nitro groups is 1. The fourth-order valence-electron chi connectivity index (χ4n) is 3.19. The van der Waals surface area contributed by atoms with Gasteiger partial charge in [-0.05, 0) is 17.2 Å².